The van der Waals surface area contributed by atoms with Gasteiger partial charge in [-0.1, -0.05) is 23.5 Å². The number of hydrogen-bond donors (Lipinski definition) is 3. The van der Waals surface area contributed by atoms with Crippen LogP contribution >= 0.6 is 11.3 Å². The van der Waals surface area contributed by atoms with E-state index >= 15 is 0 Å². The van der Waals surface area contributed by atoms with E-state index in [-0.39, 0.29) is 36.4 Å². The minimum absolute atomic E-state index is 0.0293. The Bertz CT molecular complexity index is 861. The molecule has 1 fully saturated rings. The molecule has 2 heterocycles. The first-order valence-corrected chi connectivity index (χ1v) is 10.5. The molecule has 0 spiro atoms. The van der Waals surface area contributed by atoms with Gasteiger partial charge in [-0.3, -0.25) is 4.79 Å². The molecule has 1 aliphatic rings. The number of thiazole rings is 1. The summed E-state index contributed by atoms with van der Waals surface area (Å²) in [6.45, 7) is 0.155. The van der Waals surface area contributed by atoms with Gasteiger partial charge < -0.3 is 16.0 Å². The SMILES string of the molecule is O=C(CCNC(=O)N[C@H]1CCS(=O)(=O)C1)Nc1nc2ccccc2s1. The molecule has 1 atom stereocenters. The first kappa shape index (κ1) is 17.6. The zero-order chi connectivity index (χ0) is 17.9. The first-order valence-electron chi connectivity index (χ1n) is 7.81. The third-order valence-corrected chi connectivity index (χ3v) is 6.47. The van der Waals surface area contributed by atoms with Crippen molar-refractivity contribution >= 4 is 48.5 Å². The second-order valence-corrected chi connectivity index (χ2v) is 9.04. The number of urea groups is 1. The molecule has 1 aromatic heterocycles. The van der Waals surface area contributed by atoms with Gasteiger partial charge in [0.15, 0.2) is 15.0 Å². The number of rotatable bonds is 5. The maximum atomic E-state index is 11.9. The molecular formula is C15H18N4O4S2. The molecule has 0 radical (unpaired) electrons. The number of nitrogens with one attached hydrogen (secondary N) is 3. The highest BCUT2D eigenvalue weighted by molar-refractivity contribution is 7.91. The average molecular weight is 382 g/mol. The molecule has 0 bridgehead atoms. The summed E-state index contributed by atoms with van der Waals surface area (Å²) in [5.74, 6) is -0.177. The largest absolute Gasteiger partial charge is 0.338 e. The van der Waals surface area contributed by atoms with E-state index in [1.807, 2.05) is 24.3 Å². The van der Waals surface area contributed by atoms with Crippen LogP contribution in [0, 0.1) is 0 Å². The van der Waals surface area contributed by atoms with Crippen LogP contribution in [0.3, 0.4) is 0 Å². The summed E-state index contributed by atoms with van der Waals surface area (Å²) < 4.78 is 23.7. The lowest BCUT2D eigenvalue weighted by Crippen LogP contribution is -2.43. The van der Waals surface area contributed by atoms with Gasteiger partial charge in [0.05, 0.1) is 21.7 Å². The fourth-order valence-electron chi connectivity index (χ4n) is 2.54. The highest BCUT2D eigenvalue weighted by atomic mass is 32.2. The second-order valence-electron chi connectivity index (χ2n) is 5.79. The van der Waals surface area contributed by atoms with Gasteiger partial charge in [0, 0.05) is 19.0 Å². The van der Waals surface area contributed by atoms with Crippen LogP contribution in [0.1, 0.15) is 12.8 Å². The van der Waals surface area contributed by atoms with Gasteiger partial charge in [0.1, 0.15) is 0 Å². The summed E-state index contributed by atoms with van der Waals surface area (Å²) in [6.07, 6.45) is 0.528. The average Bonchev–Trinajstić information content (AvgIpc) is 3.09. The van der Waals surface area contributed by atoms with Crippen LogP contribution in [0.2, 0.25) is 0 Å². The van der Waals surface area contributed by atoms with Crippen molar-refractivity contribution < 1.29 is 18.0 Å². The molecule has 1 aromatic carbocycles. The molecule has 8 nitrogen and oxygen atoms in total. The van der Waals surface area contributed by atoms with Crippen LogP contribution in [-0.4, -0.2) is 49.4 Å². The fourth-order valence-corrected chi connectivity index (χ4v) is 5.10. The Balaban J connectivity index is 1.39. The van der Waals surface area contributed by atoms with E-state index in [4.69, 9.17) is 0 Å². The van der Waals surface area contributed by atoms with E-state index in [0.29, 0.717) is 11.6 Å². The van der Waals surface area contributed by atoms with Crippen molar-refractivity contribution in [2.24, 2.45) is 0 Å². The number of sulfone groups is 1. The zero-order valence-corrected chi connectivity index (χ0v) is 15.0. The lowest BCUT2D eigenvalue weighted by atomic mass is 10.3. The van der Waals surface area contributed by atoms with Crippen molar-refractivity contribution in [3.63, 3.8) is 0 Å². The Morgan fingerprint density at radius 3 is 2.80 bits per heavy atom. The van der Waals surface area contributed by atoms with E-state index in [0.717, 1.165) is 10.2 Å². The van der Waals surface area contributed by atoms with E-state index < -0.39 is 15.9 Å². The Hall–Kier alpha value is -2.20. The molecule has 10 heteroatoms. The first-order chi connectivity index (χ1) is 11.9. The Morgan fingerprint density at radius 1 is 1.28 bits per heavy atom. The van der Waals surface area contributed by atoms with E-state index in [9.17, 15) is 18.0 Å². The number of carbonyl (C=O) groups excluding carboxylic acids is 2. The van der Waals surface area contributed by atoms with Crippen molar-refractivity contribution in [1.29, 1.82) is 0 Å². The monoisotopic (exact) mass is 382 g/mol. The lowest BCUT2D eigenvalue weighted by molar-refractivity contribution is -0.116. The molecule has 1 saturated heterocycles. The number of para-hydroxylation sites is 1. The summed E-state index contributed by atoms with van der Waals surface area (Å²) in [5, 5.41) is 8.39. The summed E-state index contributed by atoms with van der Waals surface area (Å²) in [5.41, 5.74) is 0.826. The highest BCUT2D eigenvalue weighted by Gasteiger charge is 2.28. The van der Waals surface area contributed by atoms with E-state index in [1.54, 1.807) is 0 Å². The third-order valence-electron chi connectivity index (χ3n) is 3.75. The summed E-state index contributed by atoms with van der Waals surface area (Å²) in [6, 6.07) is 6.76. The van der Waals surface area contributed by atoms with Gasteiger partial charge in [0.25, 0.3) is 0 Å². The molecule has 134 valence electrons. The summed E-state index contributed by atoms with van der Waals surface area (Å²) in [7, 11) is -3.03. The van der Waals surface area contributed by atoms with Crippen LogP contribution in [0.25, 0.3) is 10.2 Å². The van der Waals surface area contributed by atoms with Crippen LogP contribution in [0.15, 0.2) is 24.3 Å². The quantitative estimate of drug-likeness (QED) is 0.716. The fraction of sp³-hybridized carbons (Fsp3) is 0.400. The van der Waals surface area contributed by atoms with Crippen molar-refractivity contribution in [3.05, 3.63) is 24.3 Å². The van der Waals surface area contributed by atoms with Gasteiger partial charge in [-0.25, -0.2) is 18.2 Å². The molecule has 1 aliphatic heterocycles. The van der Waals surface area contributed by atoms with Crippen molar-refractivity contribution in [1.82, 2.24) is 15.6 Å². The topological polar surface area (TPSA) is 117 Å². The normalized spacial score (nSPS) is 18.8. The van der Waals surface area contributed by atoms with Gasteiger partial charge in [-0.15, -0.1) is 0 Å². The second kappa shape index (κ2) is 7.36. The summed E-state index contributed by atoms with van der Waals surface area (Å²) >= 11 is 1.39. The number of fused-ring (bicyclic) bond motifs is 1. The van der Waals surface area contributed by atoms with Crippen molar-refractivity contribution in [2.45, 2.75) is 18.9 Å². The van der Waals surface area contributed by atoms with E-state index in [2.05, 4.69) is 20.9 Å². The number of aromatic nitrogens is 1. The number of benzene rings is 1. The molecular weight excluding hydrogens is 364 g/mol. The summed E-state index contributed by atoms with van der Waals surface area (Å²) in [4.78, 5) is 27.9. The van der Waals surface area contributed by atoms with Crippen LogP contribution in [0.4, 0.5) is 9.93 Å². The Morgan fingerprint density at radius 2 is 2.08 bits per heavy atom. The number of amides is 3. The van der Waals surface area contributed by atoms with Crippen LogP contribution in [0.5, 0.6) is 0 Å². The predicted molar refractivity (Wildman–Crippen MR) is 96.5 cm³/mol. The van der Waals surface area contributed by atoms with E-state index in [1.165, 1.54) is 11.3 Å². The maximum Gasteiger partial charge on any atom is 0.315 e. The Kier molecular flexibility index (Phi) is 5.19. The standard InChI is InChI=1S/C15H18N4O4S2/c20-13(19-15-18-11-3-1-2-4-12(11)24-15)5-7-16-14(21)17-10-6-8-25(22,23)9-10/h1-4,10H,5-9H2,(H2,16,17,21)(H,18,19,20)/t10-/m0/s1. The van der Waals surface area contributed by atoms with Gasteiger partial charge in [-0.2, -0.15) is 0 Å². The maximum absolute atomic E-state index is 11.9. The number of nitrogens with zero attached hydrogens (tertiary/aromatic N) is 1. The van der Waals surface area contributed by atoms with Gasteiger partial charge in [0.2, 0.25) is 5.91 Å². The minimum Gasteiger partial charge on any atom is -0.338 e. The molecule has 0 saturated carbocycles. The van der Waals surface area contributed by atoms with Gasteiger partial charge >= 0.3 is 6.03 Å². The number of hydrogen-bond acceptors (Lipinski definition) is 6. The molecule has 3 amide bonds. The lowest BCUT2D eigenvalue weighted by Gasteiger charge is -2.11. The Labute approximate surface area is 148 Å². The minimum atomic E-state index is -3.03. The van der Waals surface area contributed by atoms with Crippen molar-refractivity contribution in [2.75, 3.05) is 23.4 Å². The van der Waals surface area contributed by atoms with Crippen molar-refractivity contribution in [3.8, 4) is 0 Å². The number of anilines is 1. The highest BCUT2D eigenvalue weighted by Crippen LogP contribution is 2.25. The van der Waals surface area contributed by atoms with Crippen LogP contribution < -0.4 is 16.0 Å². The molecule has 0 aliphatic carbocycles. The third kappa shape index (κ3) is 4.89. The molecule has 2 aromatic rings. The molecule has 0 unspecified atom stereocenters. The van der Waals surface area contributed by atoms with Gasteiger partial charge in [-0.05, 0) is 18.6 Å². The smallest absolute Gasteiger partial charge is 0.315 e. The predicted octanol–water partition coefficient (Wildman–Crippen LogP) is 1.11. The van der Waals surface area contributed by atoms with Crippen LogP contribution in [-0.2, 0) is 14.6 Å². The number of carbonyl (C=O) groups is 2. The molecule has 25 heavy (non-hydrogen) atoms. The zero-order valence-electron chi connectivity index (χ0n) is 13.3. The molecule has 3 N–H and O–H groups in total. The molecule has 3 rings (SSSR count).